The molecule has 1 aliphatic rings. The molecule has 3 heterocycles. The fraction of sp³-hybridized carbons (Fsp3) is 0.353. The van der Waals surface area contributed by atoms with Crippen LogP contribution < -0.4 is 10.6 Å². The first kappa shape index (κ1) is 14.0. The SMILES string of the molecule is CC1CCN(c2nc(-c3ccccc3)c3c(N)[nH]nc3n2)CC1. The van der Waals surface area contributed by atoms with E-state index in [2.05, 4.69) is 27.0 Å². The van der Waals surface area contributed by atoms with Gasteiger partial charge in [0.05, 0.1) is 11.1 Å². The van der Waals surface area contributed by atoms with Crippen LogP contribution in [-0.4, -0.2) is 33.3 Å². The van der Waals surface area contributed by atoms with Crippen molar-refractivity contribution in [1.82, 2.24) is 20.2 Å². The van der Waals surface area contributed by atoms with Crippen LogP contribution in [0, 0.1) is 5.92 Å². The molecule has 2 aromatic heterocycles. The van der Waals surface area contributed by atoms with Crippen LogP contribution >= 0.6 is 0 Å². The van der Waals surface area contributed by atoms with Gasteiger partial charge in [0.25, 0.3) is 0 Å². The van der Waals surface area contributed by atoms with Gasteiger partial charge in [-0.1, -0.05) is 37.3 Å². The Bertz CT molecular complexity index is 818. The topological polar surface area (TPSA) is 83.7 Å². The Morgan fingerprint density at radius 3 is 2.61 bits per heavy atom. The summed E-state index contributed by atoms with van der Waals surface area (Å²) in [5, 5.41) is 7.87. The van der Waals surface area contributed by atoms with E-state index in [0.717, 1.165) is 41.6 Å². The average molecular weight is 308 g/mol. The number of rotatable bonds is 2. The predicted octanol–water partition coefficient (Wildman–Crippen LogP) is 2.84. The maximum Gasteiger partial charge on any atom is 0.228 e. The highest BCUT2D eigenvalue weighted by Crippen LogP contribution is 2.31. The van der Waals surface area contributed by atoms with Crippen LogP contribution in [0.1, 0.15) is 19.8 Å². The zero-order valence-corrected chi connectivity index (χ0v) is 13.2. The lowest BCUT2D eigenvalue weighted by atomic mass is 9.99. The van der Waals surface area contributed by atoms with Crippen LogP contribution in [0.5, 0.6) is 0 Å². The molecule has 0 radical (unpaired) electrons. The van der Waals surface area contributed by atoms with Crippen LogP contribution in [0.4, 0.5) is 11.8 Å². The van der Waals surface area contributed by atoms with Crippen molar-refractivity contribution < 1.29 is 0 Å². The zero-order valence-electron chi connectivity index (χ0n) is 13.2. The molecule has 0 bridgehead atoms. The fourth-order valence-electron chi connectivity index (χ4n) is 3.09. The van der Waals surface area contributed by atoms with Crippen LogP contribution in [0.2, 0.25) is 0 Å². The number of hydrogen-bond donors (Lipinski definition) is 2. The van der Waals surface area contributed by atoms with Gasteiger partial charge in [0.15, 0.2) is 5.65 Å². The molecular weight excluding hydrogens is 288 g/mol. The standard InChI is InChI=1S/C17H20N6/c1-11-7-9-23(10-8-11)17-19-14(12-5-3-2-4-6-12)13-15(18)21-22-16(13)20-17/h2-6,11H,7-10H2,1H3,(H3,18,19,20,21,22). The van der Waals surface area contributed by atoms with E-state index in [1.54, 1.807) is 0 Å². The van der Waals surface area contributed by atoms with Gasteiger partial charge in [-0.25, -0.2) is 4.98 Å². The second-order valence-electron chi connectivity index (χ2n) is 6.24. The lowest BCUT2D eigenvalue weighted by molar-refractivity contribution is 0.435. The molecule has 6 nitrogen and oxygen atoms in total. The van der Waals surface area contributed by atoms with Crippen LogP contribution in [0.25, 0.3) is 22.3 Å². The monoisotopic (exact) mass is 308 g/mol. The van der Waals surface area contributed by atoms with Crippen molar-refractivity contribution in [3.63, 3.8) is 0 Å². The maximum atomic E-state index is 6.05. The molecule has 4 rings (SSSR count). The molecule has 0 saturated carbocycles. The van der Waals surface area contributed by atoms with Gasteiger partial charge in [-0.2, -0.15) is 10.1 Å². The van der Waals surface area contributed by atoms with Crippen molar-refractivity contribution in [2.24, 2.45) is 5.92 Å². The Hall–Kier alpha value is -2.63. The van der Waals surface area contributed by atoms with Gasteiger partial charge in [-0.15, -0.1) is 0 Å². The number of aromatic amines is 1. The summed E-state index contributed by atoms with van der Waals surface area (Å²) in [6, 6.07) is 10.1. The number of hydrogen-bond acceptors (Lipinski definition) is 5. The number of anilines is 2. The summed E-state index contributed by atoms with van der Waals surface area (Å²) < 4.78 is 0. The summed E-state index contributed by atoms with van der Waals surface area (Å²) >= 11 is 0. The molecule has 0 amide bonds. The quantitative estimate of drug-likeness (QED) is 0.760. The van der Waals surface area contributed by atoms with Gasteiger partial charge < -0.3 is 10.6 Å². The van der Waals surface area contributed by atoms with Crippen LogP contribution in [0.15, 0.2) is 30.3 Å². The van der Waals surface area contributed by atoms with E-state index in [1.165, 1.54) is 12.8 Å². The molecule has 1 saturated heterocycles. The highest BCUT2D eigenvalue weighted by atomic mass is 15.3. The minimum atomic E-state index is 0.512. The lowest BCUT2D eigenvalue weighted by Gasteiger charge is -2.30. The first-order valence-corrected chi connectivity index (χ1v) is 8.04. The number of nitrogens with zero attached hydrogens (tertiary/aromatic N) is 4. The molecule has 23 heavy (non-hydrogen) atoms. The van der Waals surface area contributed by atoms with Gasteiger partial charge in [0, 0.05) is 18.7 Å². The Labute approximate surface area is 134 Å². The van der Waals surface area contributed by atoms with Gasteiger partial charge >= 0.3 is 0 Å². The first-order valence-electron chi connectivity index (χ1n) is 8.04. The second-order valence-corrected chi connectivity index (χ2v) is 6.24. The van der Waals surface area contributed by atoms with Crippen molar-refractivity contribution in [3.8, 4) is 11.3 Å². The summed E-state index contributed by atoms with van der Waals surface area (Å²) in [5.74, 6) is 2.03. The van der Waals surface area contributed by atoms with Crippen molar-refractivity contribution in [2.45, 2.75) is 19.8 Å². The Kier molecular flexibility index (Phi) is 3.37. The summed E-state index contributed by atoms with van der Waals surface area (Å²) in [6.45, 7) is 4.27. The minimum Gasteiger partial charge on any atom is -0.383 e. The Morgan fingerprint density at radius 2 is 1.87 bits per heavy atom. The van der Waals surface area contributed by atoms with E-state index in [9.17, 15) is 0 Å². The number of piperidine rings is 1. The van der Waals surface area contributed by atoms with E-state index in [0.29, 0.717) is 11.5 Å². The highest BCUT2D eigenvalue weighted by molar-refractivity contribution is 5.98. The molecule has 0 spiro atoms. The van der Waals surface area contributed by atoms with Crippen molar-refractivity contribution >= 4 is 22.8 Å². The van der Waals surface area contributed by atoms with Crippen molar-refractivity contribution in [1.29, 1.82) is 0 Å². The molecule has 0 aliphatic carbocycles. The van der Waals surface area contributed by atoms with Gasteiger partial charge in [-0.05, 0) is 18.8 Å². The third kappa shape index (κ3) is 2.50. The minimum absolute atomic E-state index is 0.512. The first-order chi connectivity index (χ1) is 11.2. The Morgan fingerprint density at radius 1 is 1.13 bits per heavy atom. The second kappa shape index (κ2) is 5.53. The molecule has 118 valence electrons. The van der Waals surface area contributed by atoms with Gasteiger partial charge in [0.2, 0.25) is 5.95 Å². The van der Waals surface area contributed by atoms with E-state index < -0.39 is 0 Å². The normalized spacial score (nSPS) is 16.1. The average Bonchev–Trinajstić information content (AvgIpc) is 2.97. The summed E-state index contributed by atoms with van der Waals surface area (Å²) in [5.41, 5.74) is 8.55. The molecular formula is C17H20N6. The predicted molar refractivity (Wildman–Crippen MR) is 92.1 cm³/mol. The molecule has 1 aliphatic heterocycles. The molecule has 0 atom stereocenters. The summed E-state index contributed by atoms with van der Waals surface area (Å²) in [4.78, 5) is 11.7. The van der Waals surface area contributed by atoms with Gasteiger partial charge in [0.1, 0.15) is 5.82 Å². The molecule has 3 N–H and O–H groups in total. The van der Waals surface area contributed by atoms with E-state index in [-0.39, 0.29) is 0 Å². The molecule has 1 fully saturated rings. The smallest absolute Gasteiger partial charge is 0.228 e. The number of nitrogen functional groups attached to an aromatic ring is 1. The number of nitrogens with one attached hydrogen (secondary N) is 1. The van der Waals surface area contributed by atoms with E-state index in [4.69, 9.17) is 10.7 Å². The molecule has 1 aromatic carbocycles. The fourth-order valence-corrected chi connectivity index (χ4v) is 3.09. The number of aromatic nitrogens is 4. The van der Waals surface area contributed by atoms with E-state index >= 15 is 0 Å². The Balaban J connectivity index is 1.85. The van der Waals surface area contributed by atoms with Crippen molar-refractivity contribution in [2.75, 3.05) is 23.7 Å². The van der Waals surface area contributed by atoms with Crippen molar-refractivity contribution in [3.05, 3.63) is 30.3 Å². The highest BCUT2D eigenvalue weighted by Gasteiger charge is 2.21. The largest absolute Gasteiger partial charge is 0.383 e. The molecule has 3 aromatic rings. The molecule has 6 heteroatoms. The molecule has 0 unspecified atom stereocenters. The van der Waals surface area contributed by atoms with Crippen LogP contribution in [-0.2, 0) is 0 Å². The third-order valence-electron chi connectivity index (χ3n) is 4.54. The number of benzene rings is 1. The number of H-pyrrole nitrogens is 1. The maximum absolute atomic E-state index is 6.05. The number of fused-ring (bicyclic) bond motifs is 1. The van der Waals surface area contributed by atoms with E-state index in [1.807, 2.05) is 30.3 Å². The van der Waals surface area contributed by atoms with Crippen LogP contribution in [0.3, 0.4) is 0 Å². The lowest BCUT2D eigenvalue weighted by Crippen LogP contribution is -2.34. The summed E-state index contributed by atoms with van der Waals surface area (Å²) in [7, 11) is 0. The summed E-state index contributed by atoms with van der Waals surface area (Å²) in [6.07, 6.45) is 2.34. The van der Waals surface area contributed by atoms with Gasteiger partial charge in [-0.3, -0.25) is 5.10 Å². The third-order valence-corrected chi connectivity index (χ3v) is 4.54. The number of nitrogens with two attached hydrogens (primary N) is 1. The zero-order chi connectivity index (χ0) is 15.8.